The molecule has 2 rings (SSSR count). The number of hydrogen-bond acceptors (Lipinski definition) is 3. The van der Waals surface area contributed by atoms with Crippen LogP contribution in [0.5, 0.6) is 0 Å². The average Bonchev–Trinajstić information content (AvgIpc) is 2.72. The molecule has 2 nitrogen and oxygen atoms in total. The highest BCUT2D eigenvalue weighted by atomic mass is 35.5. The van der Waals surface area contributed by atoms with Crippen LogP contribution in [-0.2, 0) is 5.75 Å². The summed E-state index contributed by atoms with van der Waals surface area (Å²) in [6.07, 6.45) is 2.96. The molecule has 0 aliphatic heterocycles. The van der Waals surface area contributed by atoms with Gasteiger partial charge in [0.25, 0.3) is 0 Å². The molecule has 1 fully saturated rings. The van der Waals surface area contributed by atoms with Gasteiger partial charge in [-0.25, -0.2) is 0 Å². The fraction of sp³-hybridized carbons (Fsp3) is 0.538. The van der Waals surface area contributed by atoms with Gasteiger partial charge in [-0.05, 0) is 37.0 Å². The highest BCUT2D eigenvalue weighted by molar-refractivity contribution is 7.99. The van der Waals surface area contributed by atoms with Crippen molar-refractivity contribution < 1.29 is 5.11 Å². The summed E-state index contributed by atoms with van der Waals surface area (Å²) in [6, 6.07) is 7.97. The minimum atomic E-state index is -0.336. The molecule has 0 aromatic heterocycles. The van der Waals surface area contributed by atoms with E-state index in [0.717, 1.165) is 30.0 Å². The zero-order valence-electron chi connectivity index (χ0n) is 9.73. The third kappa shape index (κ3) is 3.62. The highest BCUT2D eigenvalue weighted by Gasteiger charge is 2.35. The number of aliphatic hydroxyl groups excluding tert-OH is 1. The van der Waals surface area contributed by atoms with Gasteiger partial charge in [-0.3, -0.25) is 0 Å². The molecule has 0 spiro atoms. The molecule has 1 aromatic carbocycles. The van der Waals surface area contributed by atoms with Crippen LogP contribution in [0.25, 0.3) is 0 Å². The third-order valence-corrected chi connectivity index (χ3v) is 4.94. The highest BCUT2D eigenvalue weighted by Crippen LogP contribution is 2.36. The van der Waals surface area contributed by atoms with Crippen molar-refractivity contribution in [1.82, 2.24) is 0 Å². The molecular weight excluding hydrogens is 254 g/mol. The Balaban J connectivity index is 1.82. The van der Waals surface area contributed by atoms with Crippen LogP contribution >= 0.6 is 23.4 Å². The first kappa shape index (κ1) is 13.2. The van der Waals surface area contributed by atoms with Crippen LogP contribution in [0.1, 0.15) is 24.8 Å². The van der Waals surface area contributed by atoms with Gasteiger partial charge in [0.05, 0.1) is 6.61 Å². The van der Waals surface area contributed by atoms with Crippen LogP contribution in [-0.4, -0.2) is 22.5 Å². The van der Waals surface area contributed by atoms with Gasteiger partial charge >= 0.3 is 0 Å². The maximum absolute atomic E-state index is 9.21. The fourth-order valence-electron chi connectivity index (χ4n) is 2.19. The van der Waals surface area contributed by atoms with Gasteiger partial charge in [-0.15, -0.1) is 0 Å². The summed E-state index contributed by atoms with van der Waals surface area (Å²) in [4.78, 5) is 0. The van der Waals surface area contributed by atoms with E-state index in [4.69, 9.17) is 17.3 Å². The minimum absolute atomic E-state index is 0.102. The van der Waals surface area contributed by atoms with Crippen LogP contribution in [0.2, 0.25) is 5.02 Å². The fourth-order valence-corrected chi connectivity index (χ4v) is 3.67. The summed E-state index contributed by atoms with van der Waals surface area (Å²) >= 11 is 7.77. The Morgan fingerprint density at radius 2 is 2.12 bits per heavy atom. The van der Waals surface area contributed by atoms with Crippen molar-refractivity contribution >= 4 is 23.4 Å². The number of aliphatic hydroxyl groups is 1. The summed E-state index contributed by atoms with van der Waals surface area (Å²) in [6.45, 7) is 0.102. The number of thioether (sulfide) groups is 1. The van der Waals surface area contributed by atoms with E-state index < -0.39 is 0 Å². The molecular formula is C13H18ClNOS. The Bertz CT molecular complexity index is 370. The Kier molecular flexibility index (Phi) is 4.36. The molecule has 1 saturated carbocycles. The molecule has 0 bridgehead atoms. The van der Waals surface area contributed by atoms with E-state index in [1.165, 1.54) is 5.56 Å². The van der Waals surface area contributed by atoms with E-state index >= 15 is 0 Å². The number of hydrogen-bond donors (Lipinski definition) is 2. The van der Waals surface area contributed by atoms with Gasteiger partial charge < -0.3 is 10.8 Å². The maximum Gasteiger partial charge on any atom is 0.0611 e. The van der Waals surface area contributed by atoms with Crippen molar-refractivity contribution in [3.63, 3.8) is 0 Å². The van der Waals surface area contributed by atoms with Gasteiger partial charge in [0.1, 0.15) is 0 Å². The van der Waals surface area contributed by atoms with Crippen LogP contribution in [0.15, 0.2) is 24.3 Å². The number of halogens is 1. The summed E-state index contributed by atoms with van der Waals surface area (Å²) in [7, 11) is 0. The molecule has 94 valence electrons. The van der Waals surface area contributed by atoms with Crippen molar-refractivity contribution in [3.05, 3.63) is 34.9 Å². The van der Waals surface area contributed by atoms with E-state index in [1.54, 1.807) is 0 Å². The van der Waals surface area contributed by atoms with Gasteiger partial charge in [-0.1, -0.05) is 23.7 Å². The van der Waals surface area contributed by atoms with Crippen LogP contribution in [0, 0.1) is 0 Å². The number of rotatable bonds is 4. The van der Waals surface area contributed by atoms with Crippen molar-refractivity contribution in [2.24, 2.45) is 5.73 Å². The molecule has 2 atom stereocenters. The topological polar surface area (TPSA) is 46.2 Å². The predicted molar refractivity (Wildman–Crippen MR) is 74.4 cm³/mol. The van der Waals surface area contributed by atoms with E-state index in [1.807, 2.05) is 23.9 Å². The third-order valence-electron chi connectivity index (χ3n) is 3.31. The number of nitrogens with two attached hydrogens (primary N) is 1. The molecule has 4 heteroatoms. The standard InChI is InChI=1S/C13H18ClNOS/c14-11-3-1-10(2-4-11)8-17-12-5-6-13(15,7-12)9-16/h1-4,12,16H,5-9,15H2. The lowest BCUT2D eigenvalue weighted by Gasteiger charge is -2.20. The molecule has 3 N–H and O–H groups in total. The Morgan fingerprint density at radius 3 is 2.71 bits per heavy atom. The Labute approximate surface area is 112 Å². The smallest absolute Gasteiger partial charge is 0.0611 e. The zero-order valence-corrected chi connectivity index (χ0v) is 11.3. The summed E-state index contributed by atoms with van der Waals surface area (Å²) in [5, 5.41) is 10.6. The molecule has 0 amide bonds. The lowest BCUT2D eigenvalue weighted by atomic mass is 10.0. The van der Waals surface area contributed by atoms with Crippen molar-refractivity contribution in [2.45, 2.75) is 35.8 Å². The summed E-state index contributed by atoms with van der Waals surface area (Å²) < 4.78 is 0. The average molecular weight is 272 g/mol. The van der Waals surface area contributed by atoms with Crippen molar-refractivity contribution in [3.8, 4) is 0 Å². The lowest BCUT2D eigenvalue weighted by Crippen LogP contribution is -2.40. The second kappa shape index (κ2) is 5.61. The normalized spacial score (nSPS) is 28.5. The van der Waals surface area contributed by atoms with E-state index in [0.29, 0.717) is 5.25 Å². The monoisotopic (exact) mass is 271 g/mol. The molecule has 0 heterocycles. The summed E-state index contributed by atoms with van der Waals surface area (Å²) in [5.74, 6) is 0.989. The van der Waals surface area contributed by atoms with E-state index in [9.17, 15) is 5.11 Å². The molecule has 1 aliphatic carbocycles. The van der Waals surface area contributed by atoms with Crippen LogP contribution in [0.3, 0.4) is 0 Å². The number of benzene rings is 1. The molecule has 1 aliphatic rings. The Hall–Kier alpha value is -0.220. The zero-order chi connectivity index (χ0) is 12.3. The second-order valence-electron chi connectivity index (χ2n) is 4.82. The minimum Gasteiger partial charge on any atom is -0.394 e. The first-order chi connectivity index (χ1) is 8.11. The van der Waals surface area contributed by atoms with E-state index in [2.05, 4.69) is 12.1 Å². The molecule has 0 radical (unpaired) electrons. The maximum atomic E-state index is 9.21. The van der Waals surface area contributed by atoms with Crippen molar-refractivity contribution in [2.75, 3.05) is 6.61 Å². The van der Waals surface area contributed by atoms with Crippen molar-refractivity contribution in [1.29, 1.82) is 0 Å². The molecule has 1 aromatic rings. The molecule has 2 unspecified atom stereocenters. The van der Waals surface area contributed by atoms with Gasteiger partial charge in [0.15, 0.2) is 0 Å². The SMILES string of the molecule is NC1(CO)CCC(SCc2ccc(Cl)cc2)C1. The van der Waals surface area contributed by atoms with Crippen LogP contribution < -0.4 is 5.73 Å². The Morgan fingerprint density at radius 1 is 1.41 bits per heavy atom. The largest absolute Gasteiger partial charge is 0.394 e. The van der Waals surface area contributed by atoms with Gasteiger partial charge in [-0.2, -0.15) is 11.8 Å². The first-order valence-corrected chi connectivity index (χ1v) is 7.30. The quantitative estimate of drug-likeness (QED) is 0.885. The second-order valence-corrected chi connectivity index (χ2v) is 6.55. The lowest BCUT2D eigenvalue weighted by molar-refractivity contribution is 0.200. The van der Waals surface area contributed by atoms with E-state index in [-0.39, 0.29) is 12.1 Å². The predicted octanol–water partition coefficient (Wildman–Crippen LogP) is 2.82. The first-order valence-electron chi connectivity index (χ1n) is 5.87. The molecule has 17 heavy (non-hydrogen) atoms. The summed E-state index contributed by atoms with van der Waals surface area (Å²) in [5.41, 5.74) is 7.01. The van der Waals surface area contributed by atoms with Gasteiger partial charge in [0.2, 0.25) is 0 Å². The molecule has 0 saturated heterocycles. The van der Waals surface area contributed by atoms with Gasteiger partial charge in [0, 0.05) is 21.6 Å². The van der Waals surface area contributed by atoms with Crippen LogP contribution in [0.4, 0.5) is 0 Å².